The van der Waals surface area contributed by atoms with E-state index in [4.69, 9.17) is 5.11 Å². The van der Waals surface area contributed by atoms with E-state index in [9.17, 15) is 9.90 Å². The van der Waals surface area contributed by atoms with Gasteiger partial charge in [-0.1, -0.05) is 32.6 Å². The predicted octanol–water partition coefficient (Wildman–Crippen LogP) is 1.68. The first-order valence-electron chi connectivity index (χ1n) is 6.28. The summed E-state index contributed by atoms with van der Waals surface area (Å²) in [6, 6.07) is 0. The van der Waals surface area contributed by atoms with Crippen LogP contribution >= 0.6 is 0 Å². The van der Waals surface area contributed by atoms with E-state index >= 15 is 0 Å². The van der Waals surface area contributed by atoms with E-state index in [1.165, 1.54) is 0 Å². The van der Waals surface area contributed by atoms with Gasteiger partial charge in [0.25, 0.3) is 0 Å². The lowest BCUT2D eigenvalue weighted by atomic mass is 9.60. The van der Waals surface area contributed by atoms with Crippen molar-refractivity contribution in [1.29, 1.82) is 0 Å². The normalized spacial score (nSPS) is 31.8. The lowest BCUT2D eigenvalue weighted by molar-refractivity contribution is -0.140. The van der Waals surface area contributed by atoms with Crippen molar-refractivity contribution in [1.82, 2.24) is 0 Å². The van der Waals surface area contributed by atoms with Gasteiger partial charge in [-0.3, -0.25) is 4.79 Å². The zero-order valence-corrected chi connectivity index (χ0v) is 11.6. The summed E-state index contributed by atoms with van der Waals surface area (Å²) in [5.41, 5.74) is -0.981. The number of aliphatic hydroxyl groups is 2. The zero-order chi connectivity index (χ0) is 14.0. The Morgan fingerprint density at radius 1 is 1.56 bits per heavy atom. The molecule has 2 atom stereocenters. The molecule has 2 N–H and O–H groups in total. The van der Waals surface area contributed by atoms with Crippen LogP contribution in [0.1, 0.15) is 40.5 Å². The molecular weight excluding hydrogens is 228 g/mol. The molecule has 0 radical (unpaired) electrons. The Morgan fingerprint density at radius 2 is 2.17 bits per heavy atom. The van der Waals surface area contributed by atoms with E-state index < -0.39 is 11.0 Å². The molecule has 0 aromatic heterocycles. The number of carbonyl (C=O) groups excluding carboxylic acids is 1. The Kier molecular flexibility index (Phi) is 4.37. The summed E-state index contributed by atoms with van der Waals surface area (Å²) < 4.78 is 0. The van der Waals surface area contributed by atoms with E-state index in [0.717, 1.165) is 5.57 Å². The highest BCUT2D eigenvalue weighted by Crippen LogP contribution is 2.45. The number of hydrogen-bond acceptors (Lipinski definition) is 3. The van der Waals surface area contributed by atoms with Gasteiger partial charge in [0.15, 0.2) is 0 Å². The molecule has 18 heavy (non-hydrogen) atoms. The molecule has 0 aromatic rings. The number of allylic oxidation sites excluding steroid dienone is 1. The SMILES string of the molecule is CC(C#C[C@@]1(O)[C@@H](C)CC(=O)CC1(C)C)=CCO. The topological polar surface area (TPSA) is 57.5 Å². The first kappa shape index (κ1) is 14.9. The summed E-state index contributed by atoms with van der Waals surface area (Å²) in [6.07, 6.45) is 2.32. The first-order chi connectivity index (χ1) is 8.23. The van der Waals surface area contributed by atoms with Gasteiger partial charge in [-0.25, -0.2) is 0 Å². The number of Topliss-reactive ketones (excluding diaryl/α,β-unsaturated/α-hetero) is 1. The number of rotatable bonds is 1. The van der Waals surface area contributed by atoms with Gasteiger partial charge in [0.1, 0.15) is 11.4 Å². The summed E-state index contributed by atoms with van der Waals surface area (Å²) in [4.78, 5) is 11.6. The highest BCUT2D eigenvalue weighted by atomic mass is 16.3. The van der Waals surface area contributed by atoms with Crippen LogP contribution in [0.25, 0.3) is 0 Å². The number of carbonyl (C=O) groups is 1. The molecule has 3 nitrogen and oxygen atoms in total. The molecule has 0 aromatic carbocycles. The fourth-order valence-corrected chi connectivity index (χ4v) is 2.53. The van der Waals surface area contributed by atoms with Gasteiger partial charge < -0.3 is 10.2 Å². The second-order valence-electron chi connectivity index (χ2n) is 5.79. The molecule has 1 aliphatic carbocycles. The van der Waals surface area contributed by atoms with Crippen LogP contribution in [0, 0.1) is 23.2 Å². The average Bonchev–Trinajstić information content (AvgIpc) is 2.23. The maximum atomic E-state index is 11.6. The van der Waals surface area contributed by atoms with Gasteiger partial charge >= 0.3 is 0 Å². The number of hydrogen-bond donors (Lipinski definition) is 2. The van der Waals surface area contributed by atoms with Gasteiger partial charge in [0.05, 0.1) is 6.61 Å². The van der Waals surface area contributed by atoms with Crippen LogP contribution in [0.15, 0.2) is 11.6 Å². The van der Waals surface area contributed by atoms with Crippen LogP contribution in [0.3, 0.4) is 0 Å². The third-order valence-electron chi connectivity index (χ3n) is 3.77. The van der Waals surface area contributed by atoms with E-state index in [2.05, 4.69) is 11.8 Å². The quantitative estimate of drug-likeness (QED) is 0.696. The van der Waals surface area contributed by atoms with Gasteiger partial charge in [0.2, 0.25) is 0 Å². The monoisotopic (exact) mass is 250 g/mol. The molecule has 1 rings (SSSR count). The minimum absolute atomic E-state index is 0.0592. The number of ketones is 1. The van der Waals surface area contributed by atoms with Crippen molar-refractivity contribution >= 4 is 5.78 Å². The molecule has 1 aliphatic rings. The summed E-state index contributed by atoms with van der Waals surface area (Å²) in [7, 11) is 0. The van der Waals surface area contributed by atoms with E-state index in [0.29, 0.717) is 12.8 Å². The van der Waals surface area contributed by atoms with E-state index in [1.807, 2.05) is 20.8 Å². The van der Waals surface area contributed by atoms with Crippen molar-refractivity contribution < 1.29 is 15.0 Å². The third kappa shape index (κ3) is 2.82. The smallest absolute Gasteiger partial charge is 0.134 e. The maximum absolute atomic E-state index is 11.6. The van der Waals surface area contributed by atoms with Crippen molar-refractivity contribution in [2.24, 2.45) is 11.3 Å². The van der Waals surface area contributed by atoms with Crippen molar-refractivity contribution in [2.75, 3.05) is 6.61 Å². The Bertz CT molecular complexity index is 423. The summed E-state index contributed by atoms with van der Waals surface area (Å²) in [6.45, 7) is 7.34. The van der Waals surface area contributed by atoms with Gasteiger partial charge in [-0.2, -0.15) is 0 Å². The van der Waals surface area contributed by atoms with Gasteiger partial charge in [-0.15, -0.1) is 0 Å². The Balaban J connectivity index is 3.09. The Hall–Kier alpha value is -1.11. The van der Waals surface area contributed by atoms with Crippen molar-refractivity contribution in [3.8, 4) is 11.8 Å². The second-order valence-corrected chi connectivity index (χ2v) is 5.79. The van der Waals surface area contributed by atoms with Crippen molar-refractivity contribution in [3.63, 3.8) is 0 Å². The fourth-order valence-electron chi connectivity index (χ4n) is 2.53. The van der Waals surface area contributed by atoms with Gasteiger partial charge in [-0.05, 0) is 18.6 Å². The summed E-state index contributed by atoms with van der Waals surface area (Å²) in [5, 5.41) is 19.6. The third-order valence-corrected chi connectivity index (χ3v) is 3.77. The van der Waals surface area contributed by atoms with Gasteiger partial charge in [0, 0.05) is 24.2 Å². The molecule has 0 spiro atoms. The first-order valence-corrected chi connectivity index (χ1v) is 6.28. The molecule has 100 valence electrons. The molecule has 0 heterocycles. The molecule has 1 saturated carbocycles. The van der Waals surface area contributed by atoms with Crippen LogP contribution in [-0.4, -0.2) is 28.2 Å². The average molecular weight is 250 g/mol. The van der Waals surface area contributed by atoms with Crippen molar-refractivity contribution in [2.45, 2.75) is 46.1 Å². The molecule has 1 fully saturated rings. The van der Waals surface area contributed by atoms with E-state index in [-0.39, 0.29) is 18.3 Å². The summed E-state index contributed by atoms with van der Waals surface area (Å²) in [5.74, 6) is 5.81. The molecule has 0 amide bonds. The largest absolute Gasteiger partial charge is 0.392 e. The fraction of sp³-hybridized carbons (Fsp3) is 0.667. The molecule has 3 heteroatoms. The zero-order valence-electron chi connectivity index (χ0n) is 11.6. The molecular formula is C15H22O3. The Morgan fingerprint density at radius 3 is 2.67 bits per heavy atom. The molecule has 0 unspecified atom stereocenters. The predicted molar refractivity (Wildman–Crippen MR) is 70.8 cm³/mol. The van der Waals surface area contributed by atoms with Crippen LogP contribution in [0.2, 0.25) is 0 Å². The second kappa shape index (κ2) is 5.26. The lowest BCUT2D eigenvalue weighted by Crippen LogP contribution is -2.53. The molecule has 0 bridgehead atoms. The van der Waals surface area contributed by atoms with Crippen LogP contribution < -0.4 is 0 Å². The standard InChI is InChI=1S/C15H22O3/c1-11(6-8-16)5-7-15(18)12(2)9-13(17)10-14(15,3)4/h6,12,16,18H,8-10H2,1-4H3/t12-,15+/m0/s1. The Labute approximate surface area is 109 Å². The molecule has 0 saturated heterocycles. The van der Waals surface area contributed by atoms with E-state index in [1.54, 1.807) is 13.0 Å². The molecule has 0 aliphatic heterocycles. The van der Waals surface area contributed by atoms with Crippen LogP contribution in [0.4, 0.5) is 0 Å². The minimum Gasteiger partial charge on any atom is -0.392 e. The van der Waals surface area contributed by atoms with Crippen LogP contribution in [0.5, 0.6) is 0 Å². The number of aliphatic hydroxyl groups excluding tert-OH is 1. The van der Waals surface area contributed by atoms with Crippen LogP contribution in [-0.2, 0) is 4.79 Å². The lowest BCUT2D eigenvalue weighted by Gasteiger charge is -2.46. The maximum Gasteiger partial charge on any atom is 0.134 e. The minimum atomic E-state index is -1.16. The highest BCUT2D eigenvalue weighted by Gasteiger charge is 2.51. The summed E-state index contributed by atoms with van der Waals surface area (Å²) >= 11 is 0. The van der Waals surface area contributed by atoms with Crippen molar-refractivity contribution in [3.05, 3.63) is 11.6 Å². The highest BCUT2D eigenvalue weighted by molar-refractivity contribution is 5.81.